The average Bonchev–Trinajstić information content (AvgIpc) is 2.64. The van der Waals surface area contributed by atoms with Gasteiger partial charge in [0.25, 0.3) is 11.5 Å². The van der Waals surface area contributed by atoms with E-state index in [1.807, 2.05) is 22.6 Å². The number of hydrogen-bond donors (Lipinski definition) is 3. The van der Waals surface area contributed by atoms with Gasteiger partial charge in [0, 0.05) is 16.7 Å². The molecule has 0 saturated heterocycles. The molecule has 0 radical (unpaired) electrons. The number of aromatic nitrogens is 1. The molecule has 1 amide bonds. The molecule has 0 saturated carbocycles. The van der Waals surface area contributed by atoms with Crippen molar-refractivity contribution in [3.05, 3.63) is 73.6 Å². The maximum absolute atomic E-state index is 14.3. The van der Waals surface area contributed by atoms with Gasteiger partial charge in [0.15, 0.2) is 11.6 Å². The van der Waals surface area contributed by atoms with Gasteiger partial charge < -0.3 is 21.5 Å². The van der Waals surface area contributed by atoms with Crippen molar-refractivity contribution < 1.29 is 18.3 Å². The number of halogens is 3. The maximum atomic E-state index is 14.3. The lowest BCUT2D eigenvalue weighted by Crippen LogP contribution is -2.25. The number of pyridine rings is 1. The second-order valence-electron chi connectivity index (χ2n) is 6.00. The van der Waals surface area contributed by atoms with Crippen LogP contribution >= 0.6 is 22.6 Å². The van der Waals surface area contributed by atoms with Crippen molar-refractivity contribution in [3.8, 4) is 11.5 Å². The molecule has 0 aliphatic heterocycles. The molecular formula is C19H15F2IN4O3. The number of nitrogens with two attached hydrogens (primary N) is 2. The predicted molar refractivity (Wildman–Crippen MR) is 113 cm³/mol. The maximum Gasteiger partial charge on any atom is 0.256 e. The summed E-state index contributed by atoms with van der Waals surface area (Å²) in [6, 6.07) is 9.38. The van der Waals surface area contributed by atoms with E-state index in [1.165, 1.54) is 37.4 Å². The lowest BCUT2D eigenvalue weighted by Gasteiger charge is -2.18. The third kappa shape index (κ3) is 4.16. The molecule has 0 atom stereocenters. The van der Waals surface area contributed by atoms with Crippen LogP contribution in [0.25, 0.3) is 0 Å². The number of nitrogens with one attached hydrogen (secondary N) is 1. The van der Waals surface area contributed by atoms with Crippen LogP contribution in [0.15, 0.2) is 47.3 Å². The average molecular weight is 512 g/mol. The molecule has 0 fully saturated rings. The van der Waals surface area contributed by atoms with Crippen molar-refractivity contribution in [1.82, 2.24) is 4.57 Å². The minimum atomic E-state index is -0.965. The van der Waals surface area contributed by atoms with Crippen LogP contribution in [0.5, 0.6) is 11.5 Å². The number of amides is 1. The van der Waals surface area contributed by atoms with Gasteiger partial charge in [0.05, 0.1) is 11.4 Å². The fraction of sp³-hybridized carbons (Fsp3) is 0.0526. The highest BCUT2D eigenvalue weighted by Crippen LogP contribution is 2.33. The summed E-state index contributed by atoms with van der Waals surface area (Å²) >= 11 is 1.94. The number of ether oxygens (including phenoxy) is 1. The third-order valence-corrected chi connectivity index (χ3v) is 4.72. The van der Waals surface area contributed by atoms with Gasteiger partial charge in [-0.05, 0) is 52.9 Å². The first-order chi connectivity index (χ1) is 13.7. The Morgan fingerprint density at radius 1 is 1.17 bits per heavy atom. The minimum Gasteiger partial charge on any atom is -0.453 e. The fourth-order valence-electron chi connectivity index (χ4n) is 2.58. The monoisotopic (exact) mass is 512 g/mol. The first kappa shape index (κ1) is 20.6. The molecule has 3 aromatic rings. The van der Waals surface area contributed by atoms with Crippen LogP contribution < -0.4 is 27.1 Å². The standard InChI is InChI=1S/C19H15F2IN4O3/c1-26-15(27)8-14(29-13-4-2-3-11(23)17(13)21)16(18(24)28)19(26)25-12-6-5-9(22)7-10(12)20/h2-8,25H,23H2,1H3,(H2,24,28). The van der Waals surface area contributed by atoms with Crippen molar-refractivity contribution in [3.63, 3.8) is 0 Å². The third-order valence-electron chi connectivity index (χ3n) is 4.05. The number of nitrogens with zero attached hydrogens (tertiary/aromatic N) is 1. The molecule has 0 unspecified atom stereocenters. The molecule has 1 aromatic heterocycles. The second-order valence-corrected chi connectivity index (χ2v) is 7.25. The zero-order chi connectivity index (χ0) is 21.3. The smallest absolute Gasteiger partial charge is 0.256 e. The Morgan fingerprint density at radius 2 is 1.90 bits per heavy atom. The fourth-order valence-corrected chi connectivity index (χ4v) is 3.04. The number of benzene rings is 2. The second kappa shape index (κ2) is 8.07. The molecule has 3 rings (SSSR count). The van der Waals surface area contributed by atoms with Gasteiger partial charge >= 0.3 is 0 Å². The molecule has 2 aromatic carbocycles. The Kier molecular flexibility index (Phi) is 5.73. The van der Waals surface area contributed by atoms with Crippen LogP contribution in [0, 0.1) is 15.2 Å². The van der Waals surface area contributed by atoms with E-state index in [-0.39, 0.29) is 34.3 Å². The van der Waals surface area contributed by atoms with E-state index >= 15 is 0 Å². The molecule has 0 aliphatic carbocycles. The SMILES string of the molecule is Cn1c(Nc2ccc(I)cc2F)c(C(N)=O)c(Oc2cccc(N)c2F)cc1=O. The number of anilines is 3. The van der Waals surface area contributed by atoms with E-state index in [1.54, 1.807) is 6.07 Å². The predicted octanol–water partition coefficient (Wildman–Crippen LogP) is 3.49. The highest BCUT2D eigenvalue weighted by Gasteiger charge is 2.22. The Bertz CT molecular complexity index is 1180. The number of carbonyl (C=O) groups is 1. The summed E-state index contributed by atoms with van der Waals surface area (Å²) in [7, 11) is 1.37. The molecule has 0 bridgehead atoms. The Labute approximate surface area is 177 Å². The number of primary amides is 1. The van der Waals surface area contributed by atoms with Crippen molar-refractivity contribution in [2.45, 2.75) is 0 Å². The molecule has 7 nitrogen and oxygen atoms in total. The molecule has 5 N–H and O–H groups in total. The van der Waals surface area contributed by atoms with Gasteiger partial charge in [0.2, 0.25) is 0 Å². The van der Waals surface area contributed by atoms with Gasteiger partial charge in [0.1, 0.15) is 22.9 Å². The van der Waals surface area contributed by atoms with Gasteiger partial charge in [-0.2, -0.15) is 0 Å². The van der Waals surface area contributed by atoms with Gasteiger partial charge in [-0.15, -0.1) is 0 Å². The lowest BCUT2D eigenvalue weighted by atomic mass is 10.2. The highest BCUT2D eigenvalue weighted by molar-refractivity contribution is 14.1. The lowest BCUT2D eigenvalue weighted by molar-refractivity contribution is 0.0998. The summed E-state index contributed by atoms with van der Waals surface area (Å²) < 4.78 is 35.7. The van der Waals surface area contributed by atoms with Gasteiger partial charge in [-0.1, -0.05) is 6.07 Å². The zero-order valence-electron chi connectivity index (χ0n) is 15.0. The van der Waals surface area contributed by atoms with Crippen molar-refractivity contribution in [2.24, 2.45) is 12.8 Å². The summed E-state index contributed by atoms with van der Waals surface area (Å²) in [6.07, 6.45) is 0. The summed E-state index contributed by atoms with van der Waals surface area (Å²) in [5.41, 5.74) is 9.99. The van der Waals surface area contributed by atoms with E-state index in [4.69, 9.17) is 16.2 Å². The van der Waals surface area contributed by atoms with Crippen molar-refractivity contribution >= 4 is 45.7 Å². The first-order valence-corrected chi connectivity index (χ1v) is 9.24. The van der Waals surface area contributed by atoms with Gasteiger partial charge in [-0.25, -0.2) is 8.78 Å². The Balaban J connectivity index is 2.17. The molecule has 0 aliphatic rings. The van der Waals surface area contributed by atoms with Crippen LogP contribution in [0.4, 0.5) is 26.0 Å². The zero-order valence-corrected chi connectivity index (χ0v) is 17.2. The minimum absolute atomic E-state index is 0.00945. The summed E-state index contributed by atoms with van der Waals surface area (Å²) in [5, 5.41) is 2.70. The topological polar surface area (TPSA) is 112 Å². The van der Waals surface area contributed by atoms with E-state index in [2.05, 4.69) is 5.32 Å². The quantitative estimate of drug-likeness (QED) is 0.358. The Hall–Kier alpha value is -3.15. The van der Waals surface area contributed by atoms with Crippen molar-refractivity contribution in [1.29, 1.82) is 0 Å². The van der Waals surface area contributed by atoms with Crippen LogP contribution in [0.3, 0.4) is 0 Å². The van der Waals surface area contributed by atoms with Crippen LogP contribution in [0.1, 0.15) is 10.4 Å². The van der Waals surface area contributed by atoms with Crippen molar-refractivity contribution in [2.75, 3.05) is 11.1 Å². The normalized spacial score (nSPS) is 10.6. The molecule has 0 spiro atoms. The first-order valence-electron chi connectivity index (χ1n) is 8.16. The molecular weight excluding hydrogens is 497 g/mol. The number of nitrogen functional groups attached to an aromatic ring is 1. The summed E-state index contributed by atoms with van der Waals surface area (Å²) in [4.78, 5) is 24.5. The van der Waals surface area contributed by atoms with E-state index in [9.17, 15) is 18.4 Å². The summed E-state index contributed by atoms with van der Waals surface area (Å²) in [6.45, 7) is 0. The largest absolute Gasteiger partial charge is 0.453 e. The molecule has 29 heavy (non-hydrogen) atoms. The molecule has 10 heteroatoms. The number of hydrogen-bond acceptors (Lipinski definition) is 5. The van der Waals surface area contributed by atoms with E-state index in [0.717, 1.165) is 10.6 Å². The van der Waals surface area contributed by atoms with E-state index < -0.39 is 23.1 Å². The summed E-state index contributed by atoms with van der Waals surface area (Å²) in [5.74, 6) is -3.13. The molecule has 1 heterocycles. The van der Waals surface area contributed by atoms with Crippen LogP contribution in [-0.4, -0.2) is 10.5 Å². The number of rotatable bonds is 5. The molecule has 150 valence electrons. The van der Waals surface area contributed by atoms with Gasteiger partial charge in [-0.3, -0.25) is 14.2 Å². The van der Waals surface area contributed by atoms with Crippen LogP contribution in [0.2, 0.25) is 0 Å². The van der Waals surface area contributed by atoms with E-state index in [0.29, 0.717) is 3.57 Å². The highest BCUT2D eigenvalue weighted by atomic mass is 127. The van der Waals surface area contributed by atoms with Crippen LogP contribution in [-0.2, 0) is 7.05 Å². The number of carbonyl (C=O) groups excluding carboxylic acids is 1. The Morgan fingerprint density at radius 3 is 2.55 bits per heavy atom.